The Morgan fingerprint density at radius 1 is 1.00 bits per heavy atom. The predicted octanol–water partition coefficient (Wildman–Crippen LogP) is 4.67. The summed E-state index contributed by atoms with van der Waals surface area (Å²) in [6.07, 6.45) is 2.25. The number of aryl methyl sites for hydroxylation is 1. The molecule has 0 aliphatic heterocycles. The van der Waals surface area contributed by atoms with E-state index < -0.39 is 26.6 Å². The van der Waals surface area contributed by atoms with Gasteiger partial charge in [-0.25, -0.2) is 22.3 Å². The maximum atomic E-state index is 14.2. The van der Waals surface area contributed by atoms with E-state index >= 15 is 0 Å². The number of halogens is 3. The van der Waals surface area contributed by atoms with Gasteiger partial charge in [0.25, 0.3) is 0 Å². The van der Waals surface area contributed by atoms with Gasteiger partial charge in [-0.2, -0.15) is 0 Å². The molecule has 132 valence electrons. The van der Waals surface area contributed by atoms with Crippen LogP contribution < -0.4 is 5.14 Å². The smallest absolute Gasteiger partial charge is 0.224 e. The van der Waals surface area contributed by atoms with E-state index in [4.69, 9.17) is 16.7 Å². The third kappa shape index (κ3) is 3.47. The summed E-state index contributed by atoms with van der Waals surface area (Å²) < 4.78 is 51.0. The largest absolute Gasteiger partial charge is 0.243 e. The molecule has 2 N–H and O–H groups in total. The molecule has 0 heterocycles. The molecule has 0 amide bonds. The second-order valence-corrected chi connectivity index (χ2v) is 7.99. The van der Waals surface area contributed by atoms with E-state index in [-0.39, 0.29) is 0 Å². The number of rotatable bonds is 3. The minimum Gasteiger partial charge on any atom is -0.224 e. The van der Waals surface area contributed by atoms with Gasteiger partial charge in [-0.1, -0.05) is 23.7 Å². The van der Waals surface area contributed by atoms with Crippen LogP contribution in [0.4, 0.5) is 8.78 Å². The third-order valence-electron chi connectivity index (χ3n) is 4.37. The van der Waals surface area contributed by atoms with E-state index in [0.29, 0.717) is 17.0 Å². The van der Waals surface area contributed by atoms with E-state index in [0.717, 1.165) is 47.2 Å². The minimum absolute atomic E-state index is 0.326. The van der Waals surface area contributed by atoms with Gasteiger partial charge in [0.2, 0.25) is 10.0 Å². The van der Waals surface area contributed by atoms with Crippen LogP contribution in [-0.4, -0.2) is 8.42 Å². The van der Waals surface area contributed by atoms with Gasteiger partial charge in [0.1, 0.15) is 11.6 Å². The topological polar surface area (TPSA) is 60.2 Å². The zero-order valence-corrected chi connectivity index (χ0v) is 15.0. The molecule has 1 aliphatic carbocycles. The molecule has 0 aromatic heterocycles. The lowest BCUT2D eigenvalue weighted by Crippen LogP contribution is -2.16. The number of allylic oxidation sites excluding steroid dienone is 2. The fourth-order valence-corrected chi connectivity index (χ4v) is 4.01. The van der Waals surface area contributed by atoms with E-state index in [1.165, 1.54) is 0 Å². The summed E-state index contributed by atoms with van der Waals surface area (Å²) >= 11 is 6.18. The maximum absolute atomic E-state index is 14.2. The van der Waals surface area contributed by atoms with Crippen molar-refractivity contribution in [1.82, 2.24) is 0 Å². The third-order valence-corrected chi connectivity index (χ3v) is 5.74. The van der Waals surface area contributed by atoms with Crippen LogP contribution in [0.15, 0.2) is 35.2 Å². The average molecular weight is 384 g/mol. The molecule has 2 aromatic carbocycles. The summed E-state index contributed by atoms with van der Waals surface area (Å²) in [7, 11) is -4.46. The van der Waals surface area contributed by atoms with Gasteiger partial charge in [0.15, 0.2) is 4.90 Å². The van der Waals surface area contributed by atoms with Crippen LogP contribution in [-0.2, 0) is 10.0 Å². The van der Waals surface area contributed by atoms with Crippen LogP contribution in [0.1, 0.15) is 36.0 Å². The second kappa shape index (κ2) is 6.52. The highest BCUT2D eigenvalue weighted by Gasteiger charge is 2.24. The van der Waals surface area contributed by atoms with Crippen molar-refractivity contribution in [2.24, 2.45) is 5.14 Å². The predicted molar refractivity (Wildman–Crippen MR) is 94.6 cm³/mol. The first-order valence-corrected chi connectivity index (χ1v) is 9.61. The lowest BCUT2D eigenvalue weighted by molar-refractivity contribution is 0.519. The Kier molecular flexibility index (Phi) is 4.70. The Labute approximate surface area is 150 Å². The minimum atomic E-state index is -4.46. The van der Waals surface area contributed by atoms with Crippen molar-refractivity contribution >= 4 is 32.8 Å². The monoisotopic (exact) mass is 383 g/mol. The zero-order valence-electron chi connectivity index (χ0n) is 13.4. The fourth-order valence-electron chi connectivity index (χ4n) is 3.17. The summed E-state index contributed by atoms with van der Waals surface area (Å²) in [4.78, 5) is -1.10. The first-order valence-electron chi connectivity index (χ1n) is 7.69. The molecule has 0 unspecified atom stereocenters. The first kappa shape index (κ1) is 18.0. The molecule has 0 radical (unpaired) electrons. The molecule has 0 saturated heterocycles. The number of benzene rings is 2. The van der Waals surface area contributed by atoms with Crippen molar-refractivity contribution < 1.29 is 17.2 Å². The number of hydrogen-bond acceptors (Lipinski definition) is 2. The molecule has 2 aromatic rings. The molecular formula is C18H16ClF2NO2S. The molecule has 0 bridgehead atoms. The van der Waals surface area contributed by atoms with Gasteiger partial charge < -0.3 is 0 Å². The van der Waals surface area contributed by atoms with Crippen LogP contribution in [0.3, 0.4) is 0 Å². The molecule has 3 rings (SSSR count). The van der Waals surface area contributed by atoms with Crippen molar-refractivity contribution in [2.45, 2.75) is 31.1 Å². The van der Waals surface area contributed by atoms with Gasteiger partial charge in [-0.3, -0.25) is 0 Å². The lowest BCUT2D eigenvalue weighted by Gasteiger charge is -2.12. The number of primary sulfonamides is 1. The van der Waals surface area contributed by atoms with E-state index in [2.05, 4.69) is 0 Å². The van der Waals surface area contributed by atoms with Gasteiger partial charge >= 0.3 is 0 Å². The molecule has 1 aliphatic rings. The SMILES string of the molecule is Cc1ccc(C2=C(c3cc(F)c(S(N)(=O)=O)c(F)c3)CCC2)cc1Cl. The standard InChI is InChI=1S/C18H16ClF2NO2S/c1-10-5-6-11(7-15(10)19)13-3-2-4-14(13)12-8-16(20)18(17(21)9-12)25(22,23)24/h5-9H,2-4H2,1H3,(H2,22,23,24). The van der Waals surface area contributed by atoms with Gasteiger partial charge in [-0.15, -0.1) is 0 Å². The highest BCUT2D eigenvalue weighted by atomic mass is 35.5. The van der Waals surface area contributed by atoms with Crippen molar-refractivity contribution in [3.05, 3.63) is 63.7 Å². The van der Waals surface area contributed by atoms with Crippen molar-refractivity contribution in [2.75, 3.05) is 0 Å². The van der Waals surface area contributed by atoms with Crippen LogP contribution in [0, 0.1) is 18.6 Å². The van der Waals surface area contributed by atoms with Crippen LogP contribution in [0.25, 0.3) is 11.1 Å². The van der Waals surface area contributed by atoms with Crippen molar-refractivity contribution in [3.8, 4) is 0 Å². The van der Waals surface area contributed by atoms with Gasteiger partial charge in [0.05, 0.1) is 0 Å². The molecular weight excluding hydrogens is 368 g/mol. The summed E-state index contributed by atoms with van der Waals surface area (Å²) in [6.45, 7) is 1.90. The van der Waals surface area contributed by atoms with Gasteiger partial charge in [0, 0.05) is 5.02 Å². The summed E-state index contributed by atoms with van der Waals surface area (Å²) in [5.74, 6) is -2.36. The number of sulfonamides is 1. The first-order chi connectivity index (χ1) is 11.7. The quantitative estimate of drug-likeness (QED) is 0.837. The second-order valence-electron chi connectivity index (χ2n) is 6.09. The summed E-state index contributed by atoms with van der Waals surface area (Å²) in [5.41, 5.74) is 3.92. The van der Waals surface area contributed by atoms with E-state index in [9.17, 15) is 17.2 Å². The Balaban J connectivity index is 2.15. The number of hydrogen-bond donors (Lipinski definition) is 1. The van der Waals surface area contributed by atoms with Crippen LogP contribution in [0.5, 0.6) is 0 Å². The van der Waals surface area contributed by atoms with Crippen LogP contribution >= 0.6 is 11.6 Å². The molecule has 0 atom stereocenters. The Hall–Kier alpha value is -1.76. The normalized spacial score (nSPS) is 15.1. The van der Waals surface area contributed by atoms with Gasteiger partial charge in [-0.05, 0) is 72.2 Å². The Bertz CT molecular complexity index is 977. The van der Waals surface area contributed by atoms with Crippen LogP contribution in [0.2, 0.25) is 5.02 Å². The summed E-state index contributed by atoms with van der Waals surface area (Å²) in [6, 6.07) is 7.71. The van der Waals surface area contributed by atoms with Crippen molar-refractivity contribution in [3.63, 3.8) is 0 Å². The molecule has 7 heteroatoms. The molecule has 0 fully saturated rings. The Morgan fingerprint density at radius 3 is 2.08 bits per heavy atom. The fraction of sp³-hybridized carbons (Fsp3) is 0.222. The average Bonchev–Trinajstić information content (AvgIpc) is 2.97. The highest BCUT2D eigenvalue weighted by molar-refractivity contribution is 7.89. The number of nitrogens with two attached hydrogens (primary N) is 1. The Morgan fingerprint density at radius 2 is 1.56 bits per heavy atom. The molecule has 25 heavy (non-hydrogen) atoms. The molecule has 0 spiro atoms. The molecule has 3 nitrogen and oxygen atoms in total. The molecule has 0 saturated carbocycles. The lowest BCUT2D eigenvalue weighted by atomic mass is 9.96. The van der Waals surface area contributed by atoms with E-state index in [1.807, 2.05) is 25.1 Å². The highest BCUT2D eigenvalue weighted by Crippen LogP contribution is 2.41. The maximum Gasteiger partial charge on any atom is 0.243 e. The summed E-state index contributed by atoms with van der Waals surface area (Å²) in [5, 5.41) is 5.50. The van der Waals surface area contributed by atoms with Crippen molar-refractivity contribution in [1.29, 1.82) is 0 Å². The van der Waals surface area contributed by atoms with E-state index in [1.54, 1.807) is 0 Å². The zero-order chi connectivity index (χ0) is 18.4.